The standard InChI is InChI=1S/C6H3F6N3O2/c7-5(8,9)15-3(1-2-13-15)14-4(16)17-6(10,11)12/h1-2H,(H,14,16). The Morgan fingerprint density at radius 3 is 2.35 bits per heavy atom. The van der Waals surface area contributed by atoms with E-state index >= 15 is 0 Å². The third-order valence-electron chi connectivity index (χ3n) is 1.32. The van der Waals surface area contributed by atoms with Crippen molar-refractivity contribution >= 4 is 11.9 Å². The molecule has 0 aliphatic heterocycles. The Balaban J connectivity index is 2.77. The lowest BCUT2D eigenvalue weighted by molar-refractivity contribution is -0.289. The van der Waals surface area contributed by atoms with Gasteiger partial charge in [-0.25, -0.2) is 4.79 Å². The fraction of sp³-hybridized carbons (Fsp3) is 0.333. The summed E-state index contributed by atoms with van der Waals surface area (Å²) in [6.07, 6.45) is -11.7. The predicted octanol–water partition coefficient (Wildman–Crippen LogP) is 2.43. The van der Waals surface area contributed by atoms with E-state index in [2.05, 4.69) is 9.84 Å². The van der Waals surface area contributed by atoms with Crippen LogP contribution in [0.2, 0.25) is 0 Å². The molecule has 0 saturated carbocycles. The Hall–Kier alpha value is -1.94. The molecule has 0 aromatic carbocycles. The molecule has 5 nitrogen and oxygen atoms in total. The maximum absolute atomic E-state index is 12.2. The first kappa shape index (κ1) is 13.1. The van der Waals surface area contributed by atoms with Crippen molar-refractivity contribution < 1.29 is 35.9 Å². The SMILES string of the molecule is O=C(Nc1ccnn1C(F)(F)F)OC(F)(F)F. The molecule has 0 unspecified atom stereocenters. The third kappa shape index (κ3) is 3.85. The number of aromatic nitrogens is 2. The van der Waals surface area contributed by atoms with E-state index in [4.69, 9.17) is 0 Å². The van der Waals surface area contributed by atoms with Crippen LogP contribution in [-0.4, -0.2) is 22.2 Å². The van der Waals surface area contributed by atoms with Crippen LogP contribution in [0, 0.1) is 0 Å². The summed E-state index contributed by atoms with van der Waals surface area (Å²) in [5.41, 5.74) is 0. The molecule has 1 aromatic rings. The second-order valence-corrected chi connectivity index (χ2v) is 2.56. The summed E-state index contributed by atoms with van der Waals surface area (Å²) in [6, 6.07) is 0.658. The van der Waals surface area contributed by atoms with Crippen molar-refractivity contribution in [3.63, 3.8) is 0 Å². The van der Waals surface area contributed by atoms with Gasteiger partial charge in [0.15, 0.2) is 0 Å². The summed E-state index contributed by atoms with van der Waals surface area (Å²) in [6.45, 7) is 0. The van der Waals surface area contributed by atoms with E-state index in [-0.39, 0.29) is 0 Å². The topological polar surface area (TPSA) is 56.2 Å². The molecule has 0 aliphatic rings. The van der Waals surface area contributed by atoms with Crippen molar-refractivity contribution in [1.29, 1.82) is 0 Å². The fourth-order valence-corrected chi connectivity index (χ4v) is 0.835. The van der Waals surface area contributed by atoms with Crippen LogP contribution in [0.4, 0.5) is 37.0 Å². The second-order valence-electron chi connectivity index (χ2n) is 2.56. The summed E-state index contributed by atoms with van der Waals surface area (Å²) in [4.78, 5) is 10.5. The number of anilines is 1. The van der Waals surface area contributed by atoms with Crippen molar-refractivity contribution in [3.05, 3.63) is 12.3 Å². The first-order chi connectivity index (χ1) is 7.59. The molecule has 1 heterocycles. The average Bonchev–Trinajstić information content (AvgIpc) is 2.46. The Bertz CT molecular complexity index is 409. The maximum atomic E-state index is 12.2. The van der Waals surface area contributed by atoms with E-state index in [1.807, 2.05) is 0 Å². The predicted molar refractivity (Wildman–Crippen MR) is 39.7 cm³/mol. The first-order valence-electron chi connectivity index (χ1n) is 3.77. The molecule has 0 aliphatic carbocycles. The number of halogens is 6. The molecule has 1 amide bonds. The molecule has 0 bridgehead atoms. The molecule has 11 heteroatoms. The van der Waals surface area contributed by atoms with Crippen LogP contribution >= 0.6 is 0 Å². The van der Waals surface area contributed by atoms with Crippen molar-refractivity contribution in [1.82, 2.24) is 9.78 Å². The summed E-state index contributed by atoms with van der Waals surface area (Å²) < 4.78 is 73.3. The number of carbonyl (C=O) groups excluding carboxylic acids is 1. The number of hydrogen-bond donors (Lipinski definition) is 1. The minimum atomic E-state index is -5.28. The molecule has 0 spiro atoms. The van der Waals surface area contributed by atoms with Gasteiger partial charge in [-0.15, -0.1) is 26.3 Å². The number of ether oxygens (including phenoxy) is 1. The van der Waals surface area contributed by atoms with Gasteiger partial charge >= 0.3 is 18.8 Å². The van der Waals surface area contributed by atoms with Crippen molar-refractivity contribution in [3.8, 4) is 0 Å². The molecule has 1 N–H and O–H groups in total. The zero-order chi connectivity index (χ0) is 13.3. The lowest BCUT2D eigenvalue weighted by atomic mass is 10.6. The number of nitrogens with zero attached hydrogens (tertiary/aromatic N) is 2. The molecule has 0 atom stereocenters. The smallest absolute Gasteiger partial charge is 0.356 e. The number of carbonyl (C=O) groups is 1. The zero-order valence-electron chi connectivity index (χ0n) is 7.63. The van der Waals surface area contributed by atoms with Crippen LogP contribution in [0.5, 0.6) is 0 Å². The molecule has 96 valence electrons. The van der Waals surface area contributed by atoms with Crippen molar-refractivity contribution in [2.45, 2.75) is 12.7 Å². The van der Waals surface area contributed by atoms with E-state index < -0.39 is 29.3 Å². The van der Waals surface area contributed by atoms with Gasteiger partial charge in [-0.3, -0.25) is 5.32 Å². The second kappa shape index (κ2) is 4.14. The highest BCUT2D eigenvalue weighted by molar-refractivity contribution is 5.83. The molecular weight excluding hydrogens is 260 g/mol. The van der Waals surface area contributed by atoms with Crippen molar-refractivity contribution in [2.24, 2.45) is 0 Å². The lowest BCUT2D eigenvalue weighted by Crippen LogP contribution is -2.27. The van der Waals surface area contributed by atoms with Crippen LogP contribution < -0.4 is 5.32 Å². The van der Waals surface area contributed by atoms with Gasteiger partial charge in [-0.05, 0) is 0 Å². The quantitative estimate of drug-likeness (QED) is 0.791. The van der Waals surface area contributed by atoms with Gasteiger partial charge in [0.05, 0.1) is 6.20 Å². The van der Waals surface area contributed by atoms with Gasteiger partial charge in [0, 0.05) is 6.07 Å². The van der Waals surface area contributed by atoms with Crippen molar-refractivity contribution in [2.75, 3.05) is 5.32 Å². The monoisotopic (exact) mass is 263 g/mol. The lowest BCUT2D eigenvalue weighted by Gasteiger charge is -2.12. The van der Waals surface area contributed by atoms with Crippen LogP contribution in [0.15, 0.2) is 12.3 Å². The normalized spacial score (nSPS) is 12.4. The minimum Gasteiger partial charge on any atom is -0.356 e. The van der Waals surface area contributed by atoms with E-state index in [0.29, 0.717) is 12.3 Å². The Kier molecular flexibility index (Phi) is 3.20. The molecule has 0 radical (unpaired) electrons. The zero-order valence-corrected chi connectivity index (χ0v) is 7.63. The van der Waals surface area contributed by atoms with Crippen LogP contribution in [0.3, 0.4) is 0 Å². The number of alkyl halides is 6. The van der Waals surface area contributed by atoms with E-state index in [1.54, 1.807) is 0 Å². The molecule has 17 heavy (non-hydrogen) atoms. The van der Waals surface area contributed by atoms with Gasteiger partial charge in [0.2, 0.25) is 0 Å². The molecule has 0 saturated heterocycles. The van der Waals surface area contributed by atoms with Gasteiger partial charge in [-0.2, -0.15) is 9.78 Å². The summed E-state index contributed by atoms with van der Waals surface area (Å²) in [7, 11) is 0. The summed E-state index contributed by atoms with van der Waals surface area (Å²) in [5.74, 6) is -0.994. The van der Waals surface area contributed by atoms with E-state index in [0.717, 1.165) is 0 Å². The number of amides is 1. The minimum absolute atomic E-state index is 0.620. The van der Waals surface area contributed by atoms with Gasteiger partial charge in [-0.1, -0.05) is 0 Å². The van der Waals surface area contributed by atoms with Gasteiger partial charge in [0.25, 0.3) is 0 Å². The first-order valence-corrected chi connectivity index (χ1v) is 3.77. The number of rotatable bonds is 1. The number of nitrogens with one attached hydrogen (secondary N) is 1. The summed E-state index contributed by atoms with van der Waals surface area (Å²) in [5, 5.41) is 4.03. The molecule has 1 rings (SSSR count). The highest BCUT2D eigenvalue weighted by Gasteiger charge is 2.37. The van der Waals surface area contributed by atoms with E-state index in [9.17, 15) is 31.1 Å². The molecular formula is C6H3F6N3O2. The molecule has 0 fully saturated rings. The highest BCUT2D eigenvalue weighted by Crippen LogP contribution is 2.26. The Morgan fingerprint density at radius 2 is 1.88 bits per heavy atom. The Labute approximate surface area is 89.0 Å². The summed E-state index contributed by atoms with van der Waals surface area (Å²) >= 11 is 0. The van der Waals surface area contributed by atoms with E-state index in [1.165, 1.54) is 5.32 Å². The maximum Gasteiger partial charge on any atom is 0.576 e. The van der Waals surface area contributed by atoms with Crippen LogP contribution in [-0.2, 0) is 11.0 Å². The Morgan fingerprint density at radius 1 is 1.29 bits per heavy atom. The van der Waals surface area contributed by atoms with Crippen LogP contribution in [0.1, 0.15) is 0 Å². The number of hydrogen-bond acceptors (Lipinski definition) is 3. The van der Waals surface area contributed by atoms with Gasteiger partial charge in [0.1, 0.15) is 5.82 Å². The van der Waals surface area contributed by atoms with Crippen LogP contribution in [0.25, 0.3) is 0 Å². The third-order valence-corrected chi connectivity index (χ3v) is 1.32. The fourth-order valence-electron chi connectivity index (χ4n) is 0.835. The highest BCUT2D eigenvalue weighted by atomic mass is 19.4. The molecule has 1 aromatic heterocycles. The van der Waals surface area contributed by atoms with Gasteiger partial charge < -0.3 is 4.74 Å². The largest absolute Gasteiger partial charge is 0.576 e. The average molecular weight is 263 g/mol.